The smallest absolute Gasteiger partial charge is 0.356 e. The normalized spacial score (nSPS) is 25.9. The molecule has 0 radical (unpaired) electrons. The highest BCUT2D eigenvalue weighted by atomic mass is 16.4. The molecule has 2 heterocycles. The van der Waals surface area contributed by atoms with Gasteiger partial charge in [0.1, 0.15) is 5.82 Å². The van der Waals surface area contributed by atoms with E-state index in [-0.39, 0.29) is 12.3 Å². The summed E-state index contributed by atoms with van der Waals surface area (Å²) in [6, 6.07) is 0. The zero-order valence-corrected chi connectivity index (χ0v) is 12.1. The van der Waals surface area contributed by atoms with Crippen molar-refractivity contribution in [1.82, 2.24) is 9.97 Å². The first-order valence-corrected chi connectivity index (χ1v) is 7.11. The van der Waals surface area contributed by atoms with Crippen LogP contribution in [0.15, 0.2) is 12.4 Å². The fraction of sp³-hybridized carbons (Fsp3) is 0.643. The van der Waals surface area contributed by atoms with Crippen LogP contribution in [0.5, 0.6) is 0 Å². The highest BCUT2D eigenvalue weighted by Crippen LogP contribution is 2.36. The van der Waals surface area contributed by atoms with Crippen molar-refractivity contribution in [3.05, 3.63) is 18.1 Å². The molecular weight excluding hydrogens is 274 g/mol. The Kier molecular flexibility index (Phi) is 4.74. The third kappa shape index (κ3) is 3.14. The van der Waals surface area contributed by atoms with Gasteiger partial charge in [-0.2, -0.15) is 0 Å². The van der Waals surface area contributed by atoms with Gasteiger partial charge in [-0.25, -0.2) is 9.78 Å². The minimum atomic E-state index is -1.12. The van der Waals surface area contributed by atoms with Gasteiger partial charge in [-0.3, -0.25) is 4.98 Å². The van der Waals surface area contributed by atoms with Crippen LogP contribution in [0.25, 0.3) is 0 Å². The lowest BCUT2D eigenvalue weighted by Crippen LogP contribution is -2.54. The summed E-state index contributed by atoms with van der Waals surface area (Å²) < 4.78 is 0. The van der Waals surface area contributed by atoms with E-state index >= 15 is 0 Å². The van der Waals surface area contributed by atoms with Crippen molar-refractivity contribution in [3.8, 4) is 0 Å². The maximum Gasteiger partial charge on any atom is 0.356 e. The molecule has 1 aromatic rings. The number of aromatic nitrogens is 2. The first kappa shape index (κ1) is 15.7. The average molecular weight is 295 g/mol. The van der Waals surface area contributed by atoms with Gasteiger partial charge in [-0.05, 0) is 12.8 Å². The van der Waals surface area contributed by atoms with E-state index < -0.39 is 17.5 Å². The van der Waals surface area contributed by atoms with E-state index in [1.54, 1.807) is 0 Å². The summed E-state index contributed by atoms with van der Waals surface area (Å²) in [5.41, 5.74) is -0.697. The molecule has 1 aromatic heterocycles. The Morgan fingerprint density at radius 3 is 2.90 bits per heavy atom. The number of hydrogen-bond acceptors (Lipinski definition) is 6. The standard InChI is InChI=1S/C14H21N3O4/c1-2-4-14(9-18)8-17(5-3-11(14)19)12-7-15-6-10(16-12)13(20)21/h6-7,11,18-19H,2-5,8-9H2,1H3,(H,20,21)/t11-,14+/m1/s1. The third-order valence-corrected chi connectivity index (χ3v) is 4.11. The van der Waals surface area contributed by atoms with Crippen molar-refractivity contribution < 1.29 is 20.1 Å². The number of carboxylic acids is 1. The highest BCUT2D eigenvalue weighted by molar-refractivity contribution is 5.85. The SMILES string of the molecule is CCC[C@@]1(CO)CN(c2cncc(C(=O)O)n2)CC[C@H]1O. The largest absolute Gasteiger partial charge is 0.476 e. The second-order valence-corrected chi connectivity index (χ2v) is 5.56. The molecule has 1 aliphatic rings. The van der Waals surface area contributed by atoms with Crippen molar-refractivity contribution >= 4 is 11.8 Å². The molecule has 3 N–H and O–H groups in total. The number of carboxylic acid groups (broad SMARTS) is 1. The molecule has 0 amide bonds. The quantitative estimate of drug-likeness (QED) is 0.727. The molecule has 0 unspecified atom stereocenters. The molecule has 1 saturated heterocycles. The van der Waals surface area contributed by atoms with E-state index in [1.165, 1.54) is 12.4 Å². The summed E-state index contributed by atoms with van der Waals surface area (Å²) in [5, 5.41) is 29.0. The predicted molar refractivity (Wildman–Crippen MR) is 76.3 cm³/mol. The lowest BCUT2D eigenvalue weighted by molar-refractivity contribution is -0.0353. The van der Waals surface area contributed by atoms with Gasteiger partial charge in [0.15, 0.2) is 5.69 Å². The van der Waals surface area contributed by atoms with Gasteiger partial charge in [-0.1, -0.05) is 13.3 Å². The molecule has 1 fully saturated rings. The molecule has 2 rings (SSSR count). The Morgan fingerprint density at radius 1 is 1.52 bits per heavy atom. The zero-order chi connectivity index (χ0) is 15.5. The number of carbonyl (C=O) groups is 1. The van der Waals surface area contributed by atoms with E-state index in [4.69, 9.17) is 5.11 Å². The maximum atomic E-state index is 11.0. The molecule has 7 heteroatoms. The molecule has 0 saturated carbocycles. The fourth-order valence-corrected chi connectivity index (χ4v) is 2.93. The van der Waals surface area contributed by atoms with Crippen molar-refractivity contribution in [2.75, 3.05) is 24.6 Å². The van der Waals surface area contributed by atoms with E-state index in [0.29, 0.717) is 31.7 Å². The van der Waals surface area contributed by atoms with Crippen LogP contribution in [0.3, 0.4) is 0 Å². The van der Waals surface area contributed by atoms with Crippen LogP contribution in [-0.4, -0.2) is 57.1 Å². The number of hydrogen-bond donors (Lipinski definition) is 3. The zero-order valence-electron chi connectivity index (χ0n) is 12.1. The van der Waals surface area contributed by atoms with Crippen LogP contribution in [0.4, 0.5) is 5.82 Å². The fourth-order valence-electron chi connectivity index (χ4n) is 2.93. The number of nitrogens with zero attached hydrogens (tertiary/aromatic N) is 3. The Morgan fingerprint density at radius 2 is 2.29 bits per heavy atom. The van der Waals surface area contributed by atoms with Crippen LogP contribution in [0.1, 0.15) is 36.7 Å². The molecule has 0 bridgehead atoms. The molecule has 7 nitrogen and oxygen atoms in total. The van der Waals surface area contributed by atoms with Crippen LogP contribution >= 0.6 is 0 Å². The molecule has 0 aromatic carbocycles. The first-order valence-electron chi connectivity index (χ1n) is 7.11. The van der Waals surface area contributed by atoms with Crippen molar-refractivity contribution in [2.45, 2.75) is 32.3 Å². The van der Waals surface area contributed by atoms with Gasteiger partial charge in [0.2, 0.25) is 0 Å². The first-order chi connectivity index (χ1) is 10.0. The minimum absolute atomic E-state index is 0.107. The number of aliphatic hydroxyl groups excluding tert-OH is 2. The second-order valence-electron chi connectivity index (χ2n) is 5.56. The summed E-state index contributed by atoms with van der Waals surface area (Å²) in [4.78, 5) is 20.9. The monoisotopic (exact) mass is 295 g/mol. The molecule has 116 valence electrons. The predicted octanol–water partition coefficient (Wildman–Crippen LogP) is 0.525. The lowest BCUT2D eigenvalue weighted by Gasteiger charge is -2.45. The van der Waals surface area contributed by atoms with E-state index in [1.807, 2.05) is 11.8 Å². The number of rotatable bonds is 5. The Hall–Kier alpha value is -1.73. The number of aromatic carboxylic acids is 1. The van der Waals surface area contributed by atoms with Crippen molar-refractivity contribution in [2.24, 2.45) is 5.41 Å². The topological polar surface area (TPSA) is 107 Å². The summed E-state index contributed by atoms with van der Waals surface area (Å²) in [7, 11) is 0. The van der Waals surface area contributed by atoms with Crippen LogP contribution < -0.4 is 4.90 Å². The van der Waals surface area contributed by atoms with Gasteiger partial charge >= 0.3 is 5.97 Å². The Bertz CT molecular complexity index is 511. The summed E-state index contributed by atoms with van der Waals surface area (Å²) in [6.07, 6.45) is 4.22. The molecular formula is C14H21N3O4. The van der Waals surface area contributed by atoms with E-state index in [9.17, 15) is 15.0 Å². The van der Waals surface area contributed by atoms with Crippen LogP contribution in [-0.2, 0) is 0 Å². The Balaban J connectivity index is 2.25. The van der Waals surface area contributed by atoms with Crippen LogP contribution in [0, 0.1) is 5.41 Å². The lowest BCUT2D eigenvalue weighted by atomic mass is 9.74. The second kappa shape index (κ2) is 6.36. The van der Waals surface area contributed by atoms with Gasteiger partial charge in [0.05, 0.1) is 25.1 Å². The molecule has 0 spiro atoms. The van der Waals surface area contributed by atoms with Crippen LogP contribution in [0.2, 0.25) is 0 Å². The maximum absolute atomic E-state index is 11.0. The summed E-state index contributed by atoms with van der Waals surface area (Å²) in [6.45, 7) is 2.90. The Labute approximate surface area is 123 Å². The minimum Gasteiger partial charge on any atom is -0.476 e. The van der Waals surface area contributed by atoms with Crippen molar-refractivity contribution in [1.29, 1.82) is 0 Å². The van der Waals surface area contributed by atoms with E-state index in [0.717, 1.165) is 6.42 Å². The average Bonchev–Trinajstić information content (AvgIpc) is 2.50. The number of aliphatic hydroxyl groups is 2. The van der Waals surface area contributed by atoms with Crippen molar-refractivity contribution in [3.63, 3.8) is 0 Å². The molecule has 2 atom stereocenters. The summed E-state index contributed by atoms with van der Waals surface area (Å²) in [5.74, 6) is -0.654. The van der Waals surface area contributed by atoms with Gasteiger partial charge in [0, 0.05) is 18.5 Å². The van der Waals surface area contributed by atoms with Gasteiger partial charge < -0.3 is 20.2 Å². The van der Waals surface area contributed by atoms with Gasteiger partial charge in [0.25, 0.3) is 0 Å². The summed E-state index contributed by atoms with van der Waals surface area (Å²) >= 11 is 0. The van der Waals surface area contributed by atoms with E-state index in [2.05, 4.69) is 9.97 Å². The highest BCUT2D eigenvalue weighted by Gasteiger charge is 2.42. The number of anilines is 1. The molecule has 21 heavy (non-hydrogen) atoms. The number of piperidine rings is 1. The van der Waals surface area contributed by atoms with Gasteiger partial charge in [-0.15, -0.1) is 0 Å². The molecule has 0 aliphatic carbocycles. The molecule has 1 aliphatic heterocycles. The third-order valence-electron chi connectivity index (χ3n) is 4.11.